The lowest BCUT2D eigenvalue weighted by molar-refractivity contribution is 0.0947. The Morgan fingerprint density at radius 1 is 0.865 bits per heavy atom. The molecule has 0 bridgehead atoms. The molecule has 52 heavy (non-hydrogen) atoms. The van der Waals surface area contributed by atoms with Gasteiger partial charge in [0.2, 0.25) is 0 Å². The van der Waals surface area contributed by atoms with Crippen LogP contribution < -0.4 is 15.9 Å². The van der Waals surface area contributed by atoms with E-state index in [1.165, 1.54) is 16.2 Å². The fraction of sp³-hybridized carbons (Fsp3) is 0.314. The number of hydrogen-bond acceptors (Lipinski definition) is 8. The lowest BCUT2D eigenvalue weighted by Crippen LogP contribution is -2.29. The maximum atomic E-state index is 13.1. The van der Waals surface area contributed by atoms with E-state index in [4.69, 9.17) is 25.3 Å². The van der Waals surface area contributed by atoms with Gasteiger partial charge in [0.1, 0.15) is 0 Å². The first-order chi connectivity index (χ1) is 24.5. The van der Waals surface area contributed by atoms with E-state index in [9.17, 15) is 28.6 Å². The van der Waals surface area contributed by atoms with Crippen molar-refractivity contribution in [2.75, 3.05) is 6.54 Å². The first kappa shape index (κ1) is 40.9. The molecule has 5 rings (SSSR count). The zero-order valence-corrected chi connectivity index (χ0v) is 31.0. The lowest BCUT2D eigenvalue weighted by Gasteiger charge is -2.28. The van der Waals surface area contributed by atoms with E-state index >= 15 is 0 Å². The summed E-state index contributed by atoms with van der Waals surface area (Å²) in [5.41, 5.74) is 9.75. The van der Waals surface area contributed by atoms with E-state index in [-0.39, 0.29) is 31.2 Å². The molecule has 14 nitrogen and oxygen atoms in total. The topological polar surface area (TPSA) is 242 Å². The molecule has 4 aromatic rings. The Kier molecular flexibility index (Phi) is 14.0. The van der Waals surface area contributed by atoms with Crippen molar-refractivity contribution >= 4 is 44.1 Å². The predicted molar refractivity (Wildman–Crippen MR) is 196 cm³/mol. The molecule has 8 N–H and O–H groups in total. The summed E-state index contributed by atoms with van der Waals surface area (Å²) >= 11 is 1.50. The van der Waals surface area contributed by atoms with Crippen LogP contribution >= 0.6 is 26.5 Å². The molecule has 0 saturated carbocycles. The molecule has 0 atom stereocenters. The molecule has 2 amide bonds. The van der Waals surface area contributed by atoms with Gasteiger partial charge < -0.3 is 40.3 Å². The minimum atomic E-state index is -5.30. The number of fused-ring (bicyclic) bond motifs is 1. The summed E-state index contributed by atoms with van der Waals surface area (Å²) < 4.78 is 23.4. The fourth-order valence-electron chi connectivity index (χ4n) is 5.35. The maximum absolute atomic E-state index is 13.1. The third-order valence-electron chi connectivity index (χ3n) is 8.37. The van der Waals surface area contributed by atoms with Crippen LogP contribution in [0.4, 0.5) is 0 Å². The Balaban J connectivity index is 0.000000368. The van der Waals surface area contributed by atoms with Gasteiger partial charge in [-0.1, -0.05) is 60.2 Å². The van der Waals surface area contributed by atoms with Gasteiger partial charge in [0, 0.05) is 40.2 Å². The van der Waals surface area contributed by atoms with E-state index in [1.54, 1.807) is 24.3 Å². The minimum Gasteiger partial charge on any atom is -0.368 e. The number of amides is 2. The first-order valence-electron chi connectivity index (χ1n) is 16.4. The fourth-order valence-corrected chi connectivity index (χ4v) is 8.82. The summed E-state index contributed by atoms with van der Waals surface area (Å²) in [4.78, 5) is 79.4. The van der Waals surface area contributed by atoms with Crippen molar-refractivity contribution in [2.45, 2.75) is 63.6 Å². The number of Topliss-reactive ketones (excluding diaryl/α,β-unsaturated/α-hetero) is 1. The zero-order chi connectivity index (χ0) is 38.1. The van der Waals surface area contributed by atoms with Crippen LogP contribution in [0.2, 0.25) is 0 Å². The SMILES string of the molecule is Cc1ccc(C(=O)Cn2c3c(sc2=NC(=O)c2ccc(C(=O)NCc4ccccc4)cc2)CCCC3)cc1.NCCCC(O)(P(=O)(O)O)P(=O)(O)O. The van der Waals surface area contributed by atoms with Gasteiger partial charge in [0.15, 0.2) is 10.6 Å². The lowest BCUT2D eigenvalue weighted by atomic mass is 10.0. The van der Waals surface area contributed by atoms with Crippen LogP contribution in [0.1, 0.15) is 78.5 Å². The van der Waals surface area contributed by atoms with E-state index in [2.05, 4.69) is 10.3 Å². The number of nitrogens with zero attached hydrogens (tertiary/aromatic N) is 2. The number of thiazole rings is 1. The summed E-state index contributed by atoms with van der Waals surface area (Å²) in [6.07, 6.45) is 3.12. The smallest absolute Gasteiger partial charge is 0.368 e. The van der Waals surface area contributed by atoms with E-state index in [0.29, 0.717) is 28.0 Å². The number of benzene rings is 3. The van der Waals surface area contributed by atoms with Crippen LogP contribution in [0.25, 0.3) is 0 Å². The minimum absolute atomic E-state index is 0.00376. The molecular weight excluding hydrogens is 730 g/mol. The van der Waals surface area contributed by atoms with Gasteiger partial charge in [-0.2, -0.15) is 4.99 Å². The molecule has 1 heterocycles. The summed E-state index contributed by atoms with van der Waals surface area (Å²) in [6, 6.07) is 23.8. The van der Waals surface area contributed by atoms with E-state index in [1.807, 2.05) is 66.1 Å². The molecule has 0 saturated heterocycles. The molecule has 3 aromatic carbocycles. The number of rotatable bonds is 12. The Morgan fingerprint density at radius 2 is 1.44 bits per heavy atom. The van der Waals surface area contributed by atoms with Crippen LogP contribution in [0, 0.1) is 6.92 Å². The van der Waals surface area contributed by atoms with Crippen molar-refractivity contribution in [1.82, 2.24) is 9.88 Å². The van der Waals surface area contributed by atoms with Gasteiger partial charge in [-0.25, -0.2) is 0 Å². The highest BCUT2D eigenvalue weighted by molar-refractivity contribution is 7.72. The van der Waals surface area contributed by atoms with Crippen LogP contribution in [0.3, 0.4) is 0 Å². The molecule has 278 valence electrons. The van der Waals surface area contributed by atoms with E-state index < -0.39 is 32.6 Å². The van der Waals surface area contributed by atoms with Gasteiger partial charge in [0.05, 0.1) is 6.54 Å². The average molecular weight is 773 g/mol. The van der Waals surface area contributed by atoms with Gasteiger partial charge in [-0.15, -0.1) is 11.3 Å². The molecule has 0 radical (unpaired) electrons. The van der Waals surface area contributed by atoms with Crippen molar-refractivity contribution in [3.8, 4) is 0 Å². The van der Waals surface area contributed by atoms with Gasteiger partial charge in [-0.3, -0.25) is 23.5 Å². The highest BCUT2D eigenvalue weighted by Crippen LogP contribution is 2.69. The average Bonchev–Trinajstić information content (AvgIpc) is 3.45. The second kappa shape index (κ2) is 17.8. The highest BCUT2D eigenvalue weighted by atomic mass is 32.1. The number of nitrogens with two attached hydrogens (primary N) is 1. The molecule has 1 aliphatic rings. The number of aromatic nitrogens is 1. The Labute approximate surface area is 304 Å². The van der Waals surface area contributed by atoms with Crippen LogP contribution in [0.5, 0.6) is 0 Å². The third kappa shape index (κ3) is 10.4. The Bertz CT molecular complexity index is 2010. The number of hydrogen-bond donors (Lipinski definition) is 7. The summed E-state index contributed by atoms with van der Waals surface area (Å²) in [5, 5.41) is 8.81. The largest absolute Gasteiger partial charge is 0.369 e. The van der Waals surface area contributed by atoms with Gasteiger partial charge >= 0.3 is 15.2 Å². The van der Waals surface area contributed by atoms with Crippen LogP contribution in [0.15, 0.2) is 83.9 Å². The number of carbonyl (C=O) groups excluding carboxylic acids is 3. The highest BCUT2D eigenvalue weighted by Gasteiger charge is 2.58. The summed E-state index contributed by atoms with van der Waals surface area (Å²) in [5.74, 6) is -0.601. The predicted octanol–water partition coefficient (Wildman–Crippen LogP) is 4.02. The van der Waals surface area contributed by atoms with Gasteiger partial charge in [0.25, 0.3) is 16.9 Å². The zero-order valence-electron chi connectivity index (χ0n) is 28.4. The van der Waals surface area contributed by atoms with Crippen molar-refractivity contribution in [3.05, 3.63) is 122 Å². The monoisotopic (exact) mass is 772 g/mol. The molecule has 17 heteroatoms. The summed E-state index contributed by atoms with van der Waals surface area (Å²) in [7, 11) is -10.6. The third-order valence-corrected chi connectivity index (χ3v) is 13.4. The molecule has 0 spiro atoms. The molecular formula is C35H42N4O10P2S. The second-order valence-electron chi connectivity index (χ2n) is 12.3. The standard InChI is InChI=1S/C31H29N3O3S.C4H13NO7P2/c1-21-11-13-23(14-12-21)27(35)20-34-26-9-5-6-10-28(26)38-31(34)33-30(37)25-17-15-24(16-18-25)29(36)32-19-22-7-3-2-4-8-22;5-3-1-2-4(6,13(7,8)9)14(10,11)12/h2-4,7-8,11-18H,5-6,9-10,19-20H2,1H3,(H,32,36);6H,1-3,5H2,(H2,7,8,9)(H2,10,11,12). The molecule has 0 fully saturated rings. The summed E-state index contributed by atoms with van der Waals surface area (Å²) in [6.45, 7) is 2.54. The van der Waals surface area contributed by atoms with Gasteiger partial charge in [-0.05, 0) is 75.4 Å². The normalized spacial score (nSPS) is 13.5. The number of ketones is 1. The molecule has 1 aliphatic carbocycles. The molecule has 1 aromatic heterocycles. The molecule has 0 aliphatic heterocycles. The number of carbonyl (C=O) groups is 3. The Morgan fingerprint density at radius 3 is 2.04 bits per heavy atom. The maximum Gasteiger partial charge on any atom is 0.369 e. The number of aliphatic hydroxyl groups is 1. The van der Waals surface area contributed by atoms with Crippen molar-refractivity contribution < 1.29 is 48.2 Å². The molecule has 0 unspecified atom stereocenters. The Hall–Kier alpha value is -3.88. The van der Waals surface area contributed by atoms with Crippen molar-refractivity contribution in [1.29, 1.82) is 0 Å². The first-order valence-corrected chi connectivity index (χ1v) is 20.4. The van der Waals surface area contributed by atoms with E-state index in [0.717, 1.165) is 42.5 Å². The quantitative estimate of drug-likeness (QED) is 0.0801. The number of nitrogens with one attached hydrogen (secondary N) is 1. The van der Waals surface area contributed by atoms with Crippen LogP contribution in [-0.2, 0) is 35.1 Å². The number of aryl methyl sites for hydroxylation is 2. The van der Waals surface area contributed by atoms with Crippen molar-refractivity contribution in [2.24, 2.45) is 10.7 Å². The van der Waals surface area contributed by atoms with Crippen molar-refractivity contribution in [3.63, 3.8) is 0 Å². The second-order valence-corrected chi connectivity index (χ2v) is 17.3. The van der Waals surface area contributed by atoms with Crippen LogP contribution in [-0.4, -0.2) is 58.5 Å².